The molecule has 1 aromatic carbocycles. The van der Waals surface area contributed by atoms with Gasteiger partial charge in [0.15, 0.2) is 0 Å². The summed E-state index contributed by atoms with van der Waals surface area (Å²) in [6.07, 6.45) is 4.56. The van der Waals surface area contributed by atoms with E-state index in [1.54, 1.807) is 7.11 Å². The lowest BCUT2D eigenvalue weighted by Crippen LogP contribution is -2.34. The van der Waals surface area contributed by atoms with Crippen LogP contribution in [0, 0.1) is 5.41 Å². The Morgan fingerprint density at radius 2 is 1.89 bits per heavy atom. The quantitative estimate of drug-likeness (QED) is 0.842. The Morgan fingerprint density at radius 1 is 1.28 bits per heavy atom. The summed E-state index contributed by atoms with van der Waals surface area (Å²) in [5, 5.41) is 9.80. The highest BCUT2D eigenvalue weighted by atomic mass is 16.5. The van der Waals surface area contributed by atoms with Crippen LogP contribution in [0.3, 0.4) is 0 Å². The molecule has 0 saturated heterocycles. The first-order valence-electron chi connectivity index (χ1n) is 6.70. The molecular formula is C15H23NO2. The number of ether oxygens (including phenoxy) is 1. The highest BCUT2D eigenvalue weighted by Gasteiger charge is 2.40. The molecule has 0 aromatic heterocycles. The minimum absolute atomic E-state index is 0.0106. The van der Waals surface area contributed by atoms with E-state index in [0.29, 0.717) is 6.54 Å². The highest BCUT2D eigenvalue weighted by Crippen LogP contribution is 2.48. The van der Waals surface area contributed by atoms with Crippen molar-refractivity contribution in [1.82, 2.24) is 0 Å². The minimum atomic E-state index is -0.0106. The summed E-state index contributed by atoms with van der Waals surface area (Å²) in [4.78, 5) is 0. The van der Waals surface area contributed by atoms with E-state index in [1.807, 2.05) is 12.1 Å². The Morgan fingerprint density at radius 3 is 2.33 bits per heavy atom. The largest absolute Gasteiger partial charge is 0.497 e. The van der Waals surface area contributed by atoms with Crippen LogP contribution in [-0.2, 0) is 0 Å². The lowest BCUT2D eigenvalue weighted by Gasteiger charge is -2.35. The molecule has 3 heteroatoms. The first kappa shape index (κ1) is 13.4. The normalized spacial score (nSPS) is 19.7. The van der Waals surface area contributed by atoms with E-state index in [4.69, 9.17) is 10.5 Å². The van der Waals surface area contributed by atoms with Gasteiger partial charge in [-0.1, -0.05) is 25.0 Å². The molecule has 0 heterocycles. The molecule has 1 fully saturated rings. The summed E-state index contributed by atoms with van der Waals surface area (Å²) < 4.78 is 5.18. The van der Waals surface area contributed by atoms with Gasteiger partial charge >= 0.3 is 0 Å². The monoisotopic (exact) mass is 249 g/mol. The van der Waals surface area contributed by atoms with Gasteiger partial charge in [0.05, 0.1) is 7.11 Å². The summed E-state index contributed by atoms with van der Waals surface area (Å²) >= 11 is 0. The molecule has 0 aliphatic heterocycles. The lowest BCUT2D eigenvalue weighted by atomic mass is 9.71. The van der Waals surface area contributed by atoms with Gasteiger partial charge in [-0.25, -0.2) is 0 Å². The van der Waals surface area contributed by atoms with Crippen molar-refractivity contribution in [2.45, 2.75) is 31.6 Å². The van der Waals surface area contributed by atoms with Gasteiger partial charge in [-0.3, -0.25) is 0 Å². The smallest absolute Gasteiger partial charge is 0.118 e. The van der Waals surface area contributed by atoms with E-state index in [2.05, 4.69) is 12.1 Å². The van der Waals surface area contributed by atoms with Crippen LogP contribution >= 0.6 is 0 Å². The van der Waals surface area contributed by atoms with Crippen LogP contribution in [0.4, 0.5) is 0 Å². The molecule has 1 atom stereocenters. The molecule has 0 bridgehead atoms. The van der Waals surface area contributed by atoms with E-state index in [1.165, 1.54) is 18.4 Å². The van der Waals surface area contributed by atoms with Gasteiger partial charge in [-0.15, -0.1) is 0 Å². The molecule has 18 heavy (non-hydrogen) atoms. The summed E-state index contributed by atoms with van der Waals surface area (Å²) in [7, 11) is 1.67. The van der Waals surface area contributed by atoms with Crippen LogP contribution < -0.4 is 10.5 Å². The maximum atomic E-state index is 9.80. The Balaban J connectivity index is 2.26. The number of hydrogen-bond donors (Lipinski definition) is 2. The third kappa shape index (κ3) is 2.38. The van der Waals surface area contributed by atoms with Gasteiger partial charge in [0.1, 0.15) is 5.75 Å². The van der Waals surface area contributed by atoms with Crippen LogP contribution in [-0.4, -0.2) is 25.4 Å². The fourth-order valence-electron chi connectivity index (χ4n) is 3.27. The second-order valence-corrected chi connectivity index (χ2v) is 5.29. The van der Waals surface area contributed by atoms with Crippen molar-refractivity contribution in [2.75, 3.05) is 20.3 Å². The van der Waals surface area contributed by atoms with Crippen molar-refractivity contribution in [1.29, 1.82) is 0 Å². The zero-order valence-electron chi connectivity index (χ0n) is 11.1. The molecule has 0 radical (unpaired) electrons. The molecule has 3 nitrogen and oxygen atoms in total. The average Bonchev–Trinajstić information content (AvgIpc) is 2.90. The zero-order chi connectivity index (χ0) is 13.0. The lowest BCUT2D eigenvalue weighted by molar-refractivity contribution is 0.102. The third-order valence-corrected chi connectivity index (χ3v) is 4.41. The van der Waals surface area contributed by atoms with Crippen molar-refractivity contribution in [2.24, 2.45) is 11.1 Å². The van der Waals surface area contributed by atoms with Crippen LogP contribution in [0.25, 0.3) is 0 Å². The van der Waals surface area contributed by atoms with Crippen LogP contribution in [0.1, 0.15) is 37.2 Å². The molecule has 0 unspecified atom stereocenters. The maximum Gasteiger partial charge on any atom is 0.118 e. The number of rotatable bonds is 5. The Kier molecular flexibility index (Phi) is 4.25. The number of hydrogen-bond acceptors (Lipinski definition) is 3. The van der Waals surface area contributed by atoms with Gasteiger partial charge in [-0.2, -0.15) is 0 Å². The van der Waals surface area contributed by atoms with Gasteiger partial charge in [0, 0.05) is 17.9 Å². The number of aliphatic hydroxyl groups is 1. The molecule has 2 rings (SSSR count). The molecule has 0 amide bonds. The van der Waals surface area contributed by atoms with E-state index < -0.39 is 0 Å². The first-order valence-corrected chi connectivity index (χ1v) is 6.70. The van der Waals surface area contributed by atoms with Crippen LogP contribution in [0.5, 0.6) is 5.75 Å². The number of benzene rings is 1. The number of aliphatic hydroxyl groups excluding tert-OH is 1. The van der Waals surface area contributed by atoms with E-state index >= 15 is 0 Å². The van der Waals surface area contributed by atoms with E-state index in [-0.39, 0.29) is 17.9 Å². The predicted molar refractivity (Wildman–Crippen MR) is 72.8 cm³/mol. The standard InChI is InChI=1S/C15H23NO2/c1-18-13-6-4-12(5-7-13)14(10-16)15(11-17)8-2-3-9-15/h4-7,14,17H,2-3,8-11,16H2,1H3/t14-/m1/s1. The fraction of sp³-hybridized carbons (Fsp3) is 0.600. The SMILES string of the molecule is COc1ccc([C@@H](CN)C2(CO)CCCC2)cc1. The van der Waals surface area contributed by atoms with Crippen molar-refractivity contribution in [3.8, 4) is 5.75 Å². The van der Waals surface area contributed by atoms with Gasteiger partial charge in [0.2, 0.25) is 0 Å². The number of nitrogens with two attached hydrogens (primary N) is 1. The Hall–Kier alpha value is -1.06. The number of methoxy groups -OCH3 is 1. The van der Waals surface area contributed by atoms with E-state index in [9.17, 15) is 5.11 Å². The van der Waals surface area contributed by atoms with Gasteiger partial charge < -0.3 is 15.6 Å². The molecule has 1 aliphatic rings. The highest BCUT2D eigenvalue weighted by molar-refractivity contribution is 5.31. The topological polar surface area (TPSA) is 55.5 Å². The Bertz CT molecular complexity index is 369. The van der Waals surface area contributed by atoms with Crippen molar-refractivity contribution >= 4 is 0 Å². The molecule has 1 aromatic rings. The summed E-state index contributed by atoms with van der Waals surface area (Å²) in [5.41, 5.74) is 7.18. The van der Waals surface area contributed by atoms with Crippen LogP contribution in [0.15, 0.2) is 24.3 Å². The molecule has 0 spiro atoms. The van der Waals surface area contributed by atoms with Gasteiger partial charge in [-0.05, 0) is 37.1 Å². The summed E-state index contributed by atoms with van der Waals surface area (Å²) in [5.74, 6) is 1.11. The zero-order valence-corrected chi connectivity index (χ0v) is 11.1. The van der Waals surface area contributed by atoms with Crippen molar-refractivity contribution in [3.63, 3.8) is 0 Å². The molecular weight excluding hydrogens is 226 g/mol. The maximum absolute atomic E-state index is 9.80. The fourth-order valence-corrected chi connectivity index (χ4v) is 3.27. The second-order valence-electron chi connectivity index (χ2n) is 5.29. The summed E-state index contributed by atoms with van der Waals surface area (Å²) in [6, 6.07) is 8.09. The first-order chi connectivity index (χ1) is 8.75. The predicted octanol–water partition coefficient (Wildman–Crippen LogP) is 2.29. The second kappa shape index (κ2) is 5.72. The summed E-state index contributed by atoms with van der Waals surface area (Å²) in [6.45, 7) is 0.827. The van der Waals surface area contributed by atoms with Gasteiger partial charge in [0.25, 0.3) is 0 Å². The molecule has 100 valence electrons. The third-order valence-electron chi connectivity index (χ3n) is 4.41. The van der Waals surface area contributed by atoms with Crippen molar-refractivity contribution < 1.29 is 9.84 Å². The van der Waals surface area contributed by atoms with Crippen molar-refractivity contribution in [3.05, 3.63) is 29.8 Å². The molecule has 3 N–H and O–H groups in total. The van der Waals surface area contributed by atoms with E-state index in [0.717, 1.165) is 18.6 Å². The van der Waals surface area contributed by atoms with Crippen LogP contribution in [0.2, 0.25) is 0 Å². The molecule has 1 aliphatic carbocycles. The average molecular weight is 249 g/mol. The Labute approximate surface area is 109 Å². The minimum Gasteiger partial charge on any atom is -0.497 e. The molecule has 1 saturated carbocycles.